The fourth-order valence-electron chi connectivity index (χ4n) is 1.43. The number of nitrogens with two attached hydrogens (primary N) is 1. The average molecular weight is 232 g/mol. The average Bonchev–Trinajstić information content (AvgIpc) is 2.37. The van der Waals surface area contributed by atoms with Crippen LogP contribution in [0.3, 0.4) is 0 Å². The van der Waals surface area contributed by atoms with Crippen LogP contribution in [-0.2, 0) is 0 Å². The van der Waals surface area contributed by atoms with Gasteiger partial charge in [-0.1, -0.05) is 12.1 Å². The SMILES string of the molecule is NCCNc1ccc(-c2cccc(F)c2)nn1. The fraction of sp³-hybridized carbons (Fsp3) is 0.167. The molecule has 2 aromatic rings. The van der Waals surface area contributed by atoms with Crippen molar-refractivity contribution >= 4 is 5.82 Å². The van der Waals surface area contributed by atoms with Gasteiger partial charge in [0.1, 0.15) is 11.6 Å². The minimum Gasteiger partial charge on any atom is -0.367 e. The van der Waals surface area contributed by atoms with Crippen LogP contribution < -0.4 is 11.1 Å². The van der Waals surface area contributed by atoms with Gasteiger partial charge in [0.05, 0.1) is 5.69 Å². The first kappa shape index (κ1) is 11.5. The highest BCUT2D eigenvalue weighted by Gasteiger charge is 2.01. The van der Waals surface area contributed by atoms with Gasteiger partial charge < -0.3 is 11.1 Å². The summed E-state index contributed by atoms with van der Waals surface area (Å²) in [4.78, 5) is 0. The molecule has 0 radical (unpaired) electrons. The van der Waals surface area contributed by atoms with Crippen LogP contribution in [0.5, 0.6) is 0 Å². The Hall–Kier alpha value is -2.01. The summed E-state index contributed by atoms with van der Waals surface area (Å²) in [5.74, 6) is 0.380. The van der Waals surface area contributed by atoms with Gasteiger partial charge in [0, 0.05) is 18.7 Å². The number of hydrogen-bond acceptors (Lipinski definition) is 4. The van der Waals surface area contributed by atoms with Crippen molar-refractivity contribution in [1.82, 2.24) is 10.2 Å². The van der Waals surface area contributed by atoms with E-state index in [1.165, 1.54) is 12.1 Å². The Kier molecular flexibility index (Phi) is 3.62. The van der Waals surface area contributed by atoms with Gasteiger partial charge in [-0.3, -0.25) is 0 Å². The molecule has 0 bridgehead atoms. The summed E-state index contributed by atoms with van der Waals surface area (Å²) >= 11 is 0. The first-order chi connectivity index (χ1) is 8.29. The van der Waals surface area contributed by atoms with Crippen molar-refractivity contribution in [3.8, 4) is 11.3 Å². The minimum absolute atomic E-state index is 0.283. The van der Waals surface area contributed by atoms with Crippen molar-refractivity contribution in [3.05, 3.63) is 42.2 Å². The van der Waals surface area contributed by atoms with Crippen LogP contribution in [-0.4, -0.2) is 23.3 Å². The number of rotatable bonds is 4. The summed E-state index contributed by atoms with van der Waals surface area (Å²) in [6, 6.07) is 9.85. The molecule has 0 saturated carbocycles. The Labute approximate surface area is 98.7 Å². The highest BCUT2D eigenvalue weighted by Crippen LogP contribution is 2.17. The maximum absolute atomic E-state index is 13.0. The molecule has 5 heteroatoms. The van der Waals surface area contributed by atoms with Gasteiger partial charge >= 0.3 is 0 Å². The third-order valence-electron chi connectivity index (χ3n) is 2.24. The number of benzene rings is 1. The van der Waals surface area contributed by atoms with E-state index in [0.717, 1.165) is 0 Å². The number of nitrogens with zero attached hydrogens (tertiary/aromatic N) is 2. The molecule has 1 heterocycles. The third kappa shape index (κ3) is 2.98. The predicted octanol–water partition coefficient (Wildman–Crippen LogP) is 1.65. The molecule has 0 spiro atoms. The van der Waals surface area contributed by atoms with Crippen LogP contribution in [0.4, 0.5) is 10.2 Å². The van der Waals surface area contributed by atoms with Crippen molar-refractivity contribution in [2.45, 2.75) is 0 Å². The van der Waals surface area contributed by atoms with Crippen molar-refractivity contribution in [2.24, 2.45) is 5.73 Å². The molecule has 0 fully saturated rings. The van der Waals surface area contributed by atoms with Gasteiger partial charge in [0.2, 0.25) is 0 Å². The summed E-state index contributed by atoms with van der Waals surface area (Å²) in [6.45, 7) is 1.18. The zero-order valence-corrected chi connectivity index (χ0v) is 9.23. The van der Waals surface area contributed by atoms with E-state index in [1.54, 1.807) is 24.3 Å². The lowest BCUT2D eigenvalue weighted by Gasteiger charge is -2.04. The zero-order chi connectivity index (χ0) is 12.1. The number of aromatic nitrogens is 2. The Balaban J connectivity index is 2.17. The molecular weight excluding hydrogens is 219 g/mol. The molecule has 0 aliphatic heterocycles. The number of hydrogen-bond donors (Lipinski definition) is 2. The molecule has 2 rings (SSSR count). The lowest BCUT2D eigenvalue weighted by Crippen LogP contribution is -2.14. The summed E-state index contributed by atoms with van der Waals surface area (Å²) in [5, 5.41) is 11.0. The fourth-order valence-corrected chi connectivity index (χ4v) is 1.43. The first-order valence-electron chi connectivity index (χ1n) is 5.33. The van der Waals surface area contributed by atoms with Gasteiger partial charge in [0.25, 0.3) is 0 Å². The molecule has 0 atom stereocenters. The van der Waals surface area contributed by atoms with E-state index in [-0.39, 0.29) is 5.82 Å². The second-order valence-corrected chi connectivity index (χ2v) is 3.53. The first-order valence-corrected chi connectivity index (χ1v) is 5.33. The maximum Gasteiger partial charge on any atom is 0.148 e. The Morgan fingerprint density at radius 2 is 2.06 bits per heavy atom. The molecule has 4 nitrogen and oxygen atoms in total. The van der Waals surface area contributed by atoms with Crippen LogP contribution >= 0.6 is 0 Å². The molecule has 3 N–H and O–H groups in total. The number of nitrogens with one attached hydrogen (secondary N) is 1. The van der Waals surface area contributed by atoms with Crippen molar-refractivity contribution in [3.63, 3.8) is 0 Å². The van der Waals surface area contributed by atoms with Crippen LogP contribution in [0.2, 0.25) is 0 Å². The van der Waals surface area contributed by atoms with Gasteiger partial charge in [-0.25, -0.2) is 4.39 Å². The Morgan fingerprint density at radius 3 is 2.71 bits per heavy atom. The van der Waals surface area contributed by atoms with E-state index >= 15 is 0 Å². The van der Waals surface area contributed by atoms with Crippen molar-refractivity contribution in [2.75, 3.05) is 18.4 Å². The van der Waals surface area contributed by atoms with Gasteiger partial charge in [-0.05, 0) is 24.3 Å². The molecule has 88 valence electrons. The van der Waals surface area contributed by atoms with E-state index in [4.69, 9.17) is 5.73 Å². The van der Waals surface area contributed by atoms with E-state index in [0.29, 0.717) is 30.2 Å². The van der Waals surface area contributed by atoms with Crippen LogP contribution in [0, 0.1) is 5.82 Å². The largest absolute Gasteiger partial charge is 0.367 e. The standard InChI is InChI=1S/C12H13FN4/c13-10-3-1-2-9(8-10)11-4-5-12(17-16-11)15-7-6-14/h1-5,8H,6-7,14H2,(H,15,17). The van der Waals surface area contributed by atoms with Gasteiger partial charge in [-0.2, -0.15) is 0 Å². The lowest BCUT2D eigenvalue weighted by atomic mass is 10.1. The number of halogens is 1. The summed E-state index contributed by atoms with van der Waals surface area (Å²) in [6.07, 6.45) is 0. The second kappa shape index (κ2) is 5.36. The maximum atomic E-state index is 13.0. The minimum atomic E-state index is -0.283. The molecular formula is C12H13FN4. The molecule has 0 amide bonds. The normalized spacial score (nSPS) is 10.2. The third-order valence-corrected chi connectivity index (χ3v) is 2.24. The van der Waals surface area contributed by atoms with E-state index in [2.05, 4.69) is 15.5 Å². The number of anilines is 1. The molecule has 0 saturated heterocycles. The monoisotopic (exact) mass is 232 g/mol. The summed E-state index contributed by atoms with van der Waals surface area (Å²) in [7, 11) is 0. The molecule has 1 aromatic heterocycles. The quantitative estimate of drug-likeness (QED) is 0.841. The molecule has 1 aromatic carbocycles. The van der Waals surface area contributed by atoms with Gasteiger partial charge in [0.15, 0.2) is 0 Å². The molecule has 0 aliphatic rings. The lowest BCUT2D eigenvalue weighted by molar-refractivity contribution is 0.628. The summed E-state index contributed by atoms with van der Waals surface area (Å²) in [5.41, 5.74) is 6.71. The Morgan fingerprint density at radius 1 is 1.18 bits per heavy atom. The van der Waals surface area contributed by atoms with Crippen LogP contribution in [0.1, 0.15) is 0 Å². The summed E-state index contributed by atoms with van der Waals surface area (Å²) < 4.78 is 13.0. The highest BCUT2D eigenvalue weighted by molar-refractivity contribution is 5.59. The molecule has 17 heavy (non-hydrogen) atoms. The predicted molar refractivity (Wildman–Crippen MR) is 65.0 cm³/mol. The topological polar surface area (TPSA) is 63.8 Å². The van der Waals surface area contributed by atoms with E-state index in [9.17, 15) is 4.39 Å². The van der Waals surface area contributed by atoms with Crippen LogP contribution in [0.25, 0.3) is 11.3 Å². The van der Waals surface area contributed by atoms with Crippen LogP contribution in [0.15, 0.2) is 36.4 Å². The highest BCUT2D eigenvalue weighted by atomic mass is 19.1. The molecule has 0 aliphatic carbocycles. The van der Waals surface area contributed by atoms with E-state index in [1.807, 2.05) is 0 Å². The van der Waals surface area contributed by atoms with Crippen molar-refractivity contribution in [1.29, 1.82) is 0 Å². The van der Waals surface area contributed by atoms with Crippen molar-refractivity contribution < 1.29 is 4.39 Å². The van der Waals surface area contributed by atoms with Gasteiger partial charge in [-0.15, -0.1) is 10.2 Å². The molecule has 0 unspecified atom stereocenters. The second-order valence-electron chi connectivity index (χ2n) is 3.53. The zero-order valence-electron chi connectivity index (χ0n) is 9.23. The Bertz CT molecular complexity index is 484. The smallest absolute Gasteiger partial charge is 0.148 e. The van der Waals surface area contributed by atoms with E-state index < -0.39 is 0 Å².